The normalized spacial score (nSPS) is 14.6. The monoisotopic (exact) mass is 387 g/mol. The highest BCUT2D eigenvalue weighted by Gasteiger charge is 2.22. The Hall–Kier alpha value is -3.40. The lowest BCUT2D eigenvalue weighted by atomic mass is 10.1. The number of aryl methyl sites for hydroxylation is 1. The van der Waals surface area contributed by atoms with Crippen LogP contribution < -0.4 is 10.6 Å². The number of hydrogen-bond acceptors (Lipinski definition) is 5. The fourth-order valence-corrected chi connectivity index (χ4v) is 2.92. The first kappa shape index (κ1) is 19.4. The van der Waals surface area contributed by atoms with Crippen molar-refractivity contribution in [2.24, 2.45) is 7.05 Å². The number of amides is 3. The summed E-state index contributed by atoms with van der Waals surface area (Å²) in [6.45, 7) is 0.903. The van der Waals surface area contributed by atoms with Gasteiger partial charge in [-0.1, -0.05) is 6.07 Å². The molecule has 28 heavy (non-hydrogen) atoms. The van der Waals surface area contributed by atoms with E-state index in [0.717, 1.165) is 0 Å². The Balaban J connectivity index is 1.66. The number of aliphatic hydroxyl groups is 1. The molecule has 1 aromatic heterocycles. The highest BCUT2D eigenvalue weighted by Crippen LogP contribution is 2.16. The highest BCUT2D eigenvalue weighted by molar-refractivity contribution is 6.04. The number of carboxylic acids is 1. The van der Waals surface area contributed by atoms with Crippen molar-refractivity contribution in [3.05, 3.63) is 41.6 Å². The largest absolute Gasteiger partial charge is 0.478 e. The molecule has 4 N–H and O–H groups in total. The summed E-state index contributed by atoms with van der Waals surface area (Å²) >= 11 is 0. The Kier molecular flexibility index (Phi) is 5.59. The van der Waals surface area contributed by atoms with Crippen molar-refractivity contribution < 1.29 is 24.6 Å². The van der Waals surface area contributed by atoms with Crippen LogP contribution in [0.25, 0.3) is 0 Å². The second-order valence-electron chi connectivity index (χ2n) is 6.53. The SMILES string of the molecule is Cn1nc(NC(=O)N2CCC(O)CC2)cc1C(=O)Nc1cccc(C(=O)O)c1. The highest BCUT2D eigenvalue weighted by atomic mass is 16.4. The zero-order valence-electron chi connectivity index (χ0n) is 15.3. The molecular formula is C18H21N5O5. The fraction of sp³-hybridized carbons (Fsp3) is 0.333. The molecule has 2 aromatic rings. The number of anilines is 2. The van der Waals surface area contributed by atoms with Gasteiger partial charge >= 0.3 is 12.0 Å². The third-order valence-electron chi connectivity index (χ3n) is 4.47. The fourth-order valence-electron chi connectivity index (χ4n) is 2.92. The number of carbonyl (C=O) groups excluding carboxylic acids is 2. The van der Waals surface area contributed by atoms with Crippen molar-refractivity contribution in [2.45, 2.75) is 18.9 Å². The number of aromatic carboxylic acids is 1. The molecule has 1 saturated heterocycles. The predicted molar refractivity (Wildman–Crippen MR) is 100 cm³/mol. The quantitative estimate of drug-likeness (QED) is 0.625. The number of carboxylic acid groups (broad SMARTS) is 1. The molecule has 1 aliphatic rings. The van der Waals surface area contributed by atoms with Crippen LogP contribution in [-0.2, 0) is 7.05 Å². The predicted octanol–water partition coefficient (Wildman–Crippen LogP) is 1.36. The Morgan fingerprint density at radius 1 is 1.14 bits per heavy atom. The second-order valence-corrected chi connectivity index (χ2v) is 6.53. The van der Waals surface area contributed by atoms with Gasteiger partial charge in [-0.3, -0.25) is 14.8 Å². The lowest BCUT2D eigenvalue weighted by molar-refractivity contribution is 0.0696. The van der Waals surface area contributed by atoms with E-state index < -0.39 is 11.9 Å². The zero-order chi connectivity index (χ0) is 20.3. The molecule has 3 amide bonds. The molecular weight excluding hydrogens is 366 g/mol. The van der Waals surface area contributed by atoms with Gasteiger partial charge in [0.1, 0.15) is 5.69 Å². The van der Waals surface area contributed by atoms with Gasteiger partial charge in [0.15, 0.2) is 5.82 Å². The Morgan fingerprint density at radius 2 is 1.86 bits per heavy atom. The van der Waals surface area contributed by atoms with E-state index in [1.807, 2.05) is 0 Å². The number of urea groups is 1. The van der Waals surface area contributed by atoms with E-state index in [-0.39, 0.29) is 29.2 Å². The van der Waals surface area contributed by atoms with Crippen LogP contribution in [0.2, 0.25) is 0 Å². The lowest BCUT2D eigenvalue weighted by Gasteiger charge is -2.29. The van der Waals surface area contributed by atoms with Crippen LogP contribution in [0.4, 0.5) is 16.3 Å². The molecule has 148 valence electrons. The number of nitrogens with zero attached hydrogens (tertiary/aromatic N) is 3. The van der Waals surface area contributed by atoms with Crippen LogP contribution in [0.3, 0.4) is 0 Å². The molecule has 3 rings (SSSR count). The summed E-state index contributed by atoms with van der Waals surface area (Å²) in [4.78, 5) is 37.4. The van der Waals surface area contributed by atoms with Gasteiger partial charge in [0.25, 0.3) is 5.91 Å². The van der Waals surface area contributed by atoms with Crippen LogP contribution >= 0.6 is 0 Å². The number of likely N-dealkylation sites (tertiary alicyclic amines) is 1. The number of nitrogens with one attached hydrogen (secondary N) is 2. The van der Waals surface area contributed by atoms with Crippen LogP contribution in [-0.4, -0.2) is 62.0 Å². The minimum absolute atomic E-state index is 0.0578. The zero-order valence-corrected chi connectivity index (χ0v) is 15.3. The Labute approximate surface area is 160 Å². The average molecular weight is 387 g/mol. The van der Waals surface area contributed by atoms with Crippen LogP contribution in [0, 0.1) is 0 Å². The third kappa shape index (κ3) is 4.46. The number of benzene rings is 1. The number of rotatable bonds is 4. The van der Waals surface area contributed by atoms with E-state index in [2.05, 4.69) is 15.7 Å². The summed E-state index contributed by atoms with van der Waals surface area (Å²) in [5, 5.41) is 27.9. The summed E-state index contributed by atoms with van der Waals surface area (Å²) in [6, 6.07) is 6.98. The van der Waals surface area contributed by atoms with E-state index >= 15 is 0 Å². The van der Waals surface area contributed by atoms with Crippen LogP contribution in [0.15, 0.2) is 30.3 Å². The molecule has 0 bridgehead atoms. The first-order valence-electron chi connectivity index (χ1n) is 8.76. The van der Waals surface area contributed by atoms with Crippen molar-refractivity contribution in [2.75, 3.05) is 23.7 Å². The summed E-state index contributed by atoms with van der Waals surface area (Å²) in [6.07, 6.45) is 0.672. The molecule has 0 unspecified atom stereocenters. The maximum Gasteiger partial charge on any atom is 0.335 e. The van der Waals surface area contributed by atoms with E-state index in [1.165, 1.54) is 28.9 Å². The first-order valence-corrected chi connectivity index (χ1v) is 8.76. The summed E-state index contributed by atoms with van der Waals surface area (Å²) in [5.74, 6) is -1.35. The van der Waals surface area contributed by atoms with E-state index in [9.17, 15) is 19.5 Å². The van der Waals surface area contributed by atoms with E-state index in [4.69, 9.17) is 5.11 Å². The third-order valence-corrected chi connectivity index (χ3v) is 4.47. The average Bonchev–Trinajstić information content (AvgIpc) is 3.02. The molecule has 1 aliphatic heterocycles. The van der Waals surface area contributed by atoms with Crippen molar-refractivity contribution in [1.82, 2.24) is 14.7 Å². The van der Waals surface area contributed by atoms with Crippen molar-refractivity contribution in [3.8, 4) is 0 Å². The van der Waals surface area contributed by atoms with Gasteiger partial charge < -0.3 is 20.4 Å². The Bertz CT molecular complexity index is 902. The molecule has 2 heterocycles. The molecule has 0 saturated carbocycles. The lowest BCUT2D eigenvalue weighted by Crippen LogP contribution is -2.42. The van der Waals surface area contributed by atoms with Crippen molar-refractivity contribution in [1.29, 1.82) is 0 Å². The minimum Gasteiger partial charge on any atom is -0.478 e. The summed E-state index contributed by atoms with van der Waals surface area (Å²) in [7, 11) is 1.56. The van der Waals surface area contributed by atoms with Crippen LogP contribution in [0.5, 0.6) is 0 Å². The molecule has 0 aliphatic carbocycles. The van der Waals surface area contributed by atoms with Crippen LogP contribution in [0.1, 0.15) is 33.7 Å². The van der Waals surface area contributed by atoms with Gasteiger partial charge in [-0.05, 0) is 31.0 Å². The molecule has 0 spiro atoms. The van der Waals surface area contributed by atoms with Gasteiger partial charge in [-0.25, -0.2) is 9.59 Å². The van der Waals surface area contributed by atoms with Gasteiger partial charge in [0.2, 0.25) is 0 Å². The number of piperidine rings is 1. The van der Waals surface area contributed by atoms with Gasteiger partial charge in [0.05, 0.1) is 11.7 Å². The summed E-state index contributed by atoms with van der Waals surface area (Å²) in [5.41, 5.74) is 0.594. The smallest absolute Gasteiger partial charge is 0.335 e. The molecule has 0 radical (unpaired) electrons. The molecule has 10 heteroatoms. The molecule has 10 nitrogen and oxygen atoms in total. The van der Waals surface area contributed by atoms with Crippen molar-refractivity contribution in [3.63, 3.8) is 0 Å². The van der Waals surface area contributed by atoms with Gasteiger partial charge in [-0.2, -0.15) is 5.10 Å². The standard InChI is InChI=1S/C18H21N5O5/c1-22-14(16(25)19-12-4-2-3-11(9-12)17(26)27)10-15(21-22)20-18(28)23-7-5-13(24)6-8-23/h2-4,9-10,13,24H,5-8H2,1H3,(H,19,25)(H,26,27)(H,20,21,28). The molecule has 0 atom stereocenters. The Morgan fingerprint density at radius 3 is 2.54 bits per heavy atom. The maximum atomic E-state index is 12.5. The number of carbonyl (C=O) groups is 3. The molecule has 1 aromatic carbocycles. The van der Waals surface area contributed by atoms with E-state index in [0.29, 0.717) is 31.6 Å². The molecule has 1 fully saturated rings. The summed E-state index contributed by atoms with van der Waals surface area (Å²) < 4.78 is 1.33. The van der Waals surface area contributed by atoms with Gasteiger partial charge in [-0.15, -0.1) is 0 Å². The second kappa shape index (κ2) is 8.09. The van der Waals surface area contributed by atoms with Crippen molar-refractivity contribution >= 4 is 29.4 Å². The topological polar surface area (TPSA) is 137 Å². The van der Waals surface area contributed by atoms with Gasteiger partial charge in [0, 0.05) is 31.9 Å². The minimum atomic E-state index is -1.09. The maximum absolute atomic E-state index is 12.5. The number of aromatic nitrogens is 2. The number of hydrogen-bond donors (Lipinski definition) is 4. The van der Waals surface area contributed by atoms with E-state index in [1.54, 1.807) is 18.0 Å². The first-order chi connectivity index (χ1) is 13.3. The number of aliphatic hydroxyl groups excluding tert-OH is 1.